The number of nitrogens with one attached hydrogen (secondary N) is 1. The summed E-state index contributed by atoms with van der Waals surface area (Å²) >= 11 is 5.96. The van der Waals surface area contributed by atoms with Crippen molar-refractivity contribution in [3.8, 4) is 0 Å². The molecule has 2 rings (SSSR count). The van der Waals surface area contributed by atoms with E-state index < -0.39 is 0 Å². The van der Waals surface area contributed by atoms with Gasteiger partial charge in [-0.25, -0.2) is 9.97 Å². The van der Waals surface area contributed by atoms with Crippen molar-refractivity contribution in [2.45, 2.75) is 38.5 Å². The molecule has 1 aliphatic carbocycles. The highest BCUT2D eigenvalue weighted by Gasteiger charge is 2.29. The van der Waals surface area contributed by atoms with Crippen LogP contribution in [-0.4, -0.2) is 35.8 Å². The minimum absolute atomic E-state index is 0.364. The second kappa shape index (κ2) is 6.31. The number of halogens is 1. The molecule has 100 valence electrons. The topological polar surface area (TPSA) is 56.3 Å². The zero-order chi connectivity index (χ0) is 13.0. The Labute approximate surface area is 112 Å². The fourth-order valence-electron chi connectivity index (χ4n) is 1.88. The van der Waals surface area contributed by atoms with Gasteiger partial charge in [-0.2, -0.15) is 0 Å². The van der Waals surface area contributed by atoms with Crippen LogP contribution in [0.2, 0.25) is 5.15 Å². The standard InChI is InChI=1S/C12H18ClN3O2/c1-3-18-7-12-15-10(13)6-11(16-12)14-8-4-9(5-8)17-2/h6,8-9H,3-5,7H2,1-2H3,(H,14,15,16). The second-order valence-electron chi connectivity index (χ2n) is 4.30. The number of anilines is 1. The Morgan fingerprint density at radius 3 is 2.89 bits per heavy atom. The van der Waals surface area contributed by atoms with Crippen LogP contribution in [0.3, 0.4) is 0 Å². The summed E-state index contributed by atoms with van der Waals surface area (Å²) in [5.74, 6) is 1.36. The Kier molecular flexibility index (Phi) is 4.74. The highest BCUT2D eigenvalue weighted by atomic mass is 35.5. The first-order valence-electron chi connectivity index (χ1n) is 6.11. The number of rotatable bonds is 6. The van der Waals surface area contributed by atoms with Crippen molar-refractivity contribution in [2.24, 2.45) is 0 Å². The molecule has 0 spiro atoms. The molecule has 1 fully saturated rings. The summed E-state index contributed by atoms with van der Waals surface area (Å²) < 4.78 is 10.5. The molecule has 1 saturated carbocycles. The number of hydrogen-bond donors (Lipinski definition) is 1. The van der Waals surface area contributed by atoms with E-state index in [1.165, 1.54) is 0 Å². The average molecular weight is 272 g/mol. The lowest BCUT2D eigenvalue weighted by Gasteiger charge is -2.34. The zero-order valence-corrected chi connectivity index (χ0v) is 11.4. The summed E-state index contributed by atoms with van der Waals surface area (Å²) in [5, 5.41) is 3.76. The molecule has 1 heterocycles. The fraction of sp³-hybridized carbons (Fsp3) is 0.667. The van der Waals surface area contributed by atoms with E-state index in [4.69, 9.17) is 21.1 Å². The van der Waals surface area contributed by atoms with Crippen molar-refractivity contribution < 1.29 is 9.47 Å². The summed E-state index contributed by atoms with van der Waals surface area (Å²) in [7, 11) is 1.74. The van der Waals surface area contributed by atoms with Crippen LogP contribution in [0.1, 0.15) is 25.6 Å². The minimum atomic E-state index is 0.364. The monoisotopic (exact) mass is 271 g/mol. The van der Waals surface area contributed by atoms with Gasteiger partial charge in [0.25, 0.3) is 0 Å². The smallest absolute Gasteiger partial charge is 0.158 e. The van der Waals surface area contributed by atoms with Gasteiger partial charge in [0.1, 0.15) is 17.6 Å². The molecule has 1 aliphatic rings. The van der Waals surface area contributed by atoms with E-state index in [0.717, 1.165) is 18.7 Å². The molecule has 0 unspecified atom stereocenters. The number of nitrogens with zero attached hydrogens (tertiary/aromatic N) is 2. The van der Waals surface area contributed by atoms with Crippen molar-refractivity contribution in [1.82, 2.24) is 9.97 Å². The highest BCUT2D eigenvalue weighted by Crippen LogP contribution is 2.26. The maximum absolute atomic E-state index is 5.96. The molecule has 0 bridgehead atoms. The van der Waals surface area contributed by atoms with E-state index >= 15 is 0 Å². The first-order chi connectivity index (χ1) is 8.71. The number of methoxy groups -OCH3 is 1. The molecule has 0 radical (unpaired) electrons. The van der Waals surface area contributed by atoms with Gasteiger partial charge in [-0.1, -0.05) is 11.6 Å². The van der Waals surface area contributed by atoms with Crippen LogP contribution >= 0.6 is 11.6 Å². The molecule has 18 heavy (non-hydrogen) atoms. The van der Waals surface area contributed by atoms with Crippen molar-refractivity contribution >= 4 is 17.4 Å². The van der Waals surface area contributed by atoms with Crippen molar-refractivity contribution in [3.05, 3.63) is 17.0 Å². The maximum Gasteiger partial charge on any atom is 0.158 e. The summed E-state index contributed by atoms with van der Waals surface area (Å²) in [4.78, 5) is 8.49. The number of aromatic nitrogens is 2. The van der Waals surface area contributed by atoms with Crippen molar-refractivity contribution in [1.29, 1.82) is 0 Å². The predicted octanol–water partition coefficient (Wildman–Crippen LogP) is 2.26. The minimum Gasteiger partial charge on any atom is -0.381 e. The van der Waals surface area contributed by atoms with Crippen LogP contribution < -0.4 is 5.32 Å². The van der Waals surface area contributed by atoms with Gasteiger partial charge in [0.2, 0.25) is 0 Å². The maximum atomic E-state index is 5.96. The first-order valence-corrected chi connectivity index (χ1v) is 6.49. The van der Waals surface area contributed by atoms with Gasteiger partial charge < -0.3 is 14.8 Å². The molecule has 1 aromatic rings. The van der Waals surface area contributed by atoms with Gasteiger partial charge >= 0.3 is 0 Å². The van der Waals surface area contributed by atoms with E-state index in [2.05, 4.69) is 15.3 Å². The van der Waals surface area contributed by atoms with Gasteiger partial charge in [-0.3, -0.25) is 0 Å². The van der Waals surface area contributed by atoms with E-state index in [0.29, 0.717) is 36.3 Å². The third-order valence-electron chi connectivity index (χ3n) is 2.96. The SMILES string of the molecule is CCOCc1nc(Cl)cc(NC2CC(OC)C2)n1. The van der Waals surface area contributed by atoms with E-state index in [9.17, 15) is 0 Å². The number of ether oxygens (including phenoxy) is 2. The molecule has 1 aromatic heterocycles. The largest absolute Gasteiger partial charge is 0.381 e. The van der Waals surface area contributed by atoms with Crippen LogP contribution in [-0.2, 0) is 16.1 Å². The molecule has 5 nitrogen and oxygen atoms in total. The van der Waals surface area contributed by atoms with E-state index in [-0.39, 0.29) is 0 Å². The van der Waals surface area contributed by atoms with Gasteiger partial charge in [0.05, 0.1) is 6.10 Å². The van der Waals surface area contributed by atoms with Gasteiger partial charge in [0.15, 0.2) is 5.82 Å². The molecular weight excluding hydrogens is 254 g/mol. The first kappa shape index (κ1) is 13.5. The Bertz CT molecular complexity index is 397. The van der Waals surface area contributed by atoms with Crippen LogP contribution in [0, 0.1) is 0 Å². The fourth-order valence-corrected chi connectivity index (χ4v) is 2.08. The Balaban J connectivity index is 1.93. The van der Waals surface area contributed by atoms with Gasteiger partial charge in [-0.05, 0) is 19.8 Å². The van der Waals surface area contributed by atoms with Crippen LogP contribution in [0.15, 0.2) is 6.07 Å². The zero-order valence-electron chi connectivity index (χ0n) is 10.6. The Hall–Kier alpha value is -0.910. The third-order valence-corrected chi connectivity index (χ3v) is 3.15. The predicted molar refractivity (Wildman–Crippen MR) is 69.8 cm³/mol. The molecular formula is C12H18ClN3O2. The van der Waals surface area contributed by atoms with E-state index in [1.807, 2.05) is 6.92 Å². The molecule has 0 amide bonds. The summed E-state index contributed by atoms with van der Waals surface area (Å²) in [6, 6.07) is 2.14. The quantitative estimate of drug-likeness (QED) is 0.805. The summed E-state index contributed by atoms with van der Waals surface area (Å²) in [6.45, 7) is 2.96. The van der Waals surface area contributed by atoms with Gasteiger partial charge in [0, 0.05) is 25.8 Å². The molecule has 1 N–H and O–H groups in total. The normalized spacial score (nSPS) is 22.6. The second-order valence-corrected chi connectivity index (χ2v) is 4.69. The van der Waals surface area contributed by atoms with Crippen LogP contribution in [0.4, 0.5) is 5.82 Å². The van der Waals surface area contributed by atoms with Crippen molar-refractivity contribution in [3.63, 3.8) is 0 Å². The Morgan fingerprint density at radius 1 is 1.44 bits per heavy atom. The number of hydrogen-bond acceptors (Lipinski definition) is 5. The Morgan fingerprint density at radius 2 is 2.22 bits per heavy atom. The average Bonchev–Trinajstić information content (AvgIpc) is 2.30. The molecule has 0 saturated heterocycles. The van der Waals surface area contributed by atoms with Crippen LogP contribution in [0.5, 0.6) is 0 Å². The summed E-state index contributed by atoms with van der Waals surface area (Å²) in [5.41, 5.74) is 0. The molecule has 6 heteroatoms. The third kappa shape index (κ3) is 3.54. The molecule has 0 atom stereocenters. The van der Waals surface area contributed by atoms with Crippen molar-refractivity contribution in [2.75, 3.05) is 19.0 Å². The van der Waals surface area contributed by atoms with E-state index in [1.54, 1.807) is 13.2 Å². The molecule has 0 aliphatic heterocycles. The van der Waals surface area contributed by atoms with Crippen LogP contribution in [0.25, 0.3) is 0 Å². The van der Waals surface area contributed by atoms with Gasteiger partial charge in [-0.15, -0.1) is 0 Å². The summed E-state index contributed by atoms with van der Waals surface area (Å²) in [6.07, 6.45) is 2.36. The lowest BCUT2D eigenvalue weighted by molar-refractivity contribution is 0.0327. The lowest BCUT2D eigenvalue weighted by atomic mass is 9.89. The highest BCUT2D eigenvalue weighted by molar-refractivity contribution is 6.29. The molecule has 0 aromatic carbocycles. The lowest BCUT2D eigenvalue weighted by Crippen LogP contribution is -2.40.